The van der Waals surface area contributed by atoms with Gasteiger partial charge in [-0.25, -0.2) is 0 Å². The fourth-order valence-corrected chi connectivity index (χ4v) is 1.45. The molecule has 1 aromatic rings. The van der Waals surface area contributed by atoms with Crippen LogP contribution in [0.25, 0.3) is 0 Å². The molecule has 0 amide bonds. The summed E-state index contributed by atoms with van der Waals surface area (Å²) in [5, 5.41) is 0.673. The highest BCUT2D eigenvalue weighted by molar-refractivity contribution is 7.42. The quantitative estimate of drug-likeness (QED) is 0.729. The van der Waals surface area contributed by atoms with E-state index in [0.717, 1.165) is 0 Å². The first-order valence-corrected chi connectivity index (χ1v) is 5.05. The summed E-state index contributed by atoms with van der Waals surface area (Å²) in [6.07, 6.45) is 0. The lowest BCUT2D eigenvalue weighted by molar-refractivity contribution is 0.277. The van der Waals surface area contributed by atoms with Crippen LogP contribution >= 0.6 is 20.2 Å². The van der Waals surface area contributed by atoms with Crippen LogP contribution in [0.5, 0.6) is 5.75 Å². The Bertz CT molecular complexity index is 248. The van der Waals surface area contributed by atoms with E-state index in [9.17, 15) is 0 Å². The van der Waals surface area contributed by atoms with Crippen LogP contribution in [0.3, 0.4) is 0 Å². The summed E-state index contributed by atoms with van der Waals surface area (Å²) in [5.74, 6) is 0.680. The van der Waals surface area contributed by atoms with E-state index in [-0.39, 0.29) is 0 Å². The second kappa shape index (κ2) is 5.40. The van der Waals surface area contributed by atoms with E-state index < -0.39 is 8.60 Å². The van der Waals surface area contributed by atoms with Crippen LogP contribution in [0, 0.1) is 0 Å². The van der Waals surface area contributed by atoms with E-state index in [2.05, 4.69) is 0 Å². The summed E-state index contributed by atoms with van der Waals surface area (Å²) in [6.45, 7) is 0. The Morgan fingerprint density at radius 3 is 2.08 bits per heavy atom. The first-order valence-electron chi connectivity index (χ1n) is 3.58. The highest BCUT2D eigenvalue weighted by Crippen LogP contribution is 2.38. The second-order valence-electron chi connectivity index (χ2n) is 2.13. The largest absolute Gasteiger partial charge is 0.427 e. The van der Waals surface area contributed by atoms with Gasteiger partial charge in [-0.1, -0.05) is 11.6 Å². The fraction of sp³-hybridized carbons (Fsp3) is 0.250. The minimum atomic E-state index is -1.29. The number of hydrogen-bond acceptors (Lipinski definition) is 3. The summed E-state index contributed by atoms with van der Waals surface area (Å²) in [6, 6.07) is 7.01. The zero-order valence-corrected chi connectivity index (χ0v) is 9.01. The van der Waals surface area contributed by atoms with Gasteiger partial charge < -0.3 is 13.6 Å². The third kappa shape index (κ3) is 3.49. The van der Waals surface area contributed by atoms with Crippen molar-refractivity contribution in [1.29, 1.82) is 0 Å². The Hall–Kier alpha value is -0.340. The molecule has 0 spiro atoms. The van der Waals surface area contributed by atoms with Crippen LogP contribution in [0.1, 0.15) is 0 Å². The molecule has 0 bridgehead atoms. The van der Waals surface area contributed by atoms with Gasteiger partial charge in [0.25, 0.3) is 0 Å². The highest BCUT2D eigenvalue weighted by Gasteiger charge is 2.08. The standard InChI is InChI=1S/C8H10ClO3P/c1-10-13(11-2)12-8-5-3-7(9)4-6-8/h3-6H,1-2H3. The van der Waals surface area contributed by atoms with Gasteiger partial charge in [0.2, 0.25) is 0 Å². The van der Waals surface area contributed by atoms with Crippen molar-refractivity contribution in [3.8, 4) is 5.75 Å². The Morgan fingerprint density at radius 2 is 1.62 bits per heavy atom. The van der Waals surface area contributed by atoms with Crippen molar-refractivity contribution in [2.24, 2.45) is 0 Å². The van der Waals surface area contributed by atoms with Crippen molar-refractivity contribution in [2.45, 2.75) is 0 Å². The molecule has 0 saturated heterocycles. The SMILES string of the molecule is COP(OC)Oc1ccc(Cl)cc1. The molecule has 72 valence electrons. The van der Waals surface area contributed by atoms with Crippen molar-refractivity contribution in [3.05, 3.63) is 29.3 Å². The minimum Gasteiger partial charge on any atom is -0.427 e. The van der Waals surface area contributed by atoms with E-state index in [1.54, 1.807) is 24.3 Å². The average Bonchev–Trinajstić information content (AvgIpc) is 2.17. The zero-order chi connectivity index (χ0) is 9.68. The zero-order valence-electron chi connectivity index (χ0n) is 7.36. The normalized spacial score (nSPS) is 10.5. The first kappa shape index (κ1) is 10.7. The van der Waals surface area contributed by atoms with Gasteiger partial charge in [-0.2, -0.15) is 0 Å². The van der Waals surface area contributed by atoms with E-state index >= 15 is 0 Å². The summed E-state index contributed by atoms with van der Waals surface area (Å²) >= 11 is 5.70. The molecule has 0 unspecified atom stereocenters. The van der Waals surface area contributed by atoms with Crippen LogP contribution in [0.2, 0.25) is 5.02 Å². The summed E-state index contributed by atoms with van der Waals surface area (Å²) in [4.78, 5) is 0. The molecule has 0 aromatic heterocycles. The number of hydrogen-bond donors (Lipinski definition) is 0. The molecule has 0 aliphatic carbocycles. The molecule has 0 N–H and O–H groups in total. The molecule has 0 heterocycles. The monoisotopic (exact) mass is 220 g/mol. The number of benzene rings is 1. The molecule has 13 heavy (non-hydrogen) atoms. The van der Waals surface area contributed by atoms with Crippen molar-refractivity contribution in [2.75, 3.05) is 14.2 Å². The van der Waals surface area contributed by atoms with Crippen molar-refractivity contribution >= 4 is 20.2 Å². The Morgan fingerprint density at radius 1 is 1.08 bits per heavy atom. The molecule has 0 aliphatic heterocycles. The Balaban J connectivity index is 2.58. The van der Waals surface area contributed by atoms with Crippen molar-refractivity contribution in [3.63, 3.8) is 0 Å². The first-order chi connectivity index (χ1) is 6.26. The van der Waals surface area contributed by atoms with Gasteiger partial charge in [0.15, 0.2) is 0 Å². The maximum Gasteiger partial charge on any atom is 0.396 e. The molecule has 0 radical (unpaired) electrons. The van der Waals surface area contributed by atoms with E-state index in [1.807, 2.05) is 0 Å². The summed E-state index contributed by atoms with van der Waals surface area (Å²) < 4.78 is 15.2. The van der Waals surface area contributed by atoms with Gasteiger partial charge in [0.1, 0.15) is 5.75 Å². The van der Waals surface area contributed by atoms with Crippen LogP contribution in [-0.4, -0.2) is 14.2 Å². The summed E-state index contributed by atoms with van der Waals surface area (Å²) in [5.41, 5.74) is 0. The molecule has 1 aromatic carbocycles. The predicted molar refractivity (Wildman–Crippen MR) is 53.0 cm³/mol. The van der Waals surface area contributed by atoms with E-state index in [0.29, 0.717) is 10.8 Å². The Labute approximate surface area is 83.6 Å². The molecular formula is C8H10ClO3P. The Kier molecular flexibility index (Phi) is 4.46. The molecule has 0 saturated carbocycles. The lowest BCUT2D eigenvalue weighted by Gasteiger charge is -2.11. The van der Waals surface area contributed by atoms with Gasteiger partial charge in [-0.3, -0.25) is 0 Å². The number of rotatable bonds is 4. The van der Waals surface area contributed by atoms with Crippen LogP contribution < -0.4 is 4.52 Å². The average molecular weight is 221 g/mol. The van der Waals surface area contributed by atoms with Crippen molar-refractivity contribution in [1.82, 2.24) is 0 Å². The van der Waals surface area contributed by atoms with Gasteiger partial charge in [0, 0.05) is 19.2 Å². The lowest BCUT2D eigenvalue weighted by atomic mass is 10.3. The lowest BCUT2D eigenvalue weighted by Crippen LogP contribution is -1.90. The highest BCUT2D eigenvalue weighted by atomic mass is 35.5. The topological polar surface area (TPSA) is 27.7 Å². The van der Waals surface area contributed by atoms with Gasteiger partial charge in [-0.15, -0.1) is 0 Å². The molecule has 5 heteroatoms. The minimum absolute atomic E-state index is 0.673. The van der Waals surface area contributed by atoms with E-state index in [1.165, 1.54) is 14.2 Å². The predicted octanol–water partition coefficient (Wildman–Crippen LogP) is 3.24. The van der Waals surface area contributed by atoms with Crippen LogP contribution in [0.15, 0.2) is 24.3 Å². The maximum atomic E-state index is 5.70. The van der Waals surface area contributed by atoms with Crippen LogP contribution in [-0.2, 0) is 9.05 Å². The molecule has 0 fully saturated rings. The fourth-order valence-electron chi connectivity index (χ4n) is 0.731. The smallest absolute Gasteiger partial charge is 0.396 e. The maximum absolute atomic E-state index is 5.70. The molecule has 0 aliphatic rings. The third-order valence-corrected chi connectivity index (χ3v) is 2.50. The second-order valence-corrected chi connectivity index (χ2v) is 3.93. The molecule has 0 atom stereocenters. The van der Waals surface area contributed by atoms with Gasteiger partial charge in [-0.05, 0) is 24.3 Å². The van der Waals surface area contributed by atoms with Crippen molar-refractivity contribution < 1.29 is 13.6 Å². The summed E-state index contributed by atoms with van der Waals surface area (Å²) in [7, 11) is 1.78. The van der Waals surface area contributed by atoms with E-state index in [4.69, 9.17) is 25.2 Å². The van der Waals surface area contributed by atoms with Gasteiger partial charge in [0.05, 0.1) is 0 Å². The molecule has 1 rings (SSSR count). The number of halogens is 1. The molecular weight excluding hydrogens is 211 g/mol. The van der Waals surface area contributed by atoms with Gasteiger partial charge >= 0.3 is 8.60 Å². The molecule has 3 nitrogen and oxygen atoms in total. The van der Waals surface area contributed by atoms with Crippen LogP contribution in [0.4, 0.5) is 0 Å². The third-order valence-electron chi connectivity index (χ3n) is 1.29.